The number of aromatic nitrogens is 2. The molecule has 0 amide bonds. The zero-order valence-electron chi connectivity index (χ0n) is 7.09. The van der Waals surface area contributed by atoms with Gasteiger partial charge in [0.2, 0.25) is 0 Å². The zero-order chi connectivity index (χ0) is 10.1. The van der Waals surface area contributed by atoms with Gasteiger partial charge in [-0.1, -0.05) is 15.9 Å². The van der Waals surface area contributed by atoms with E-state index < -0.39 is 0 Å². The first-order valence-electron chi connectivity index (χ1n) is 3.93. The Kier molecular flexibility index (Phi) is 2.25. The van der Waals surface area contributed by atoms with Crippen LogP contribution in [0, 0.1) is 5.82 Å². The Morgan fingerprint density at radius 3 is 2.86 bits per heavy atom. The molecule has 1 aromatic heterocycles. The Labute approximate surface area is 88.3 Å². The Balaban J connectivity index is 2.62. The molecule has 0 fully saturated rings. The summed E-state index contributed by atoms with van der Waals surface area (Å²) in [5, 5.41) is 6.39. The lowest BCUT2D eigenvalue weighted by atomic mass is 10.1. The van der Waals surface area contributed by atoms with Gasteiger partial charge in [0.25, 0.3) is 0 Å². The number of nitrogens with one attached hydrogen (secondary N) is 1. The highest BCUT2D eigenvalue weighted by Crippen LogP contribution is 2.28. The van der Waals surface area contributed by atoms with Crippen molar-refractivity contribution < 1.29 is 4.39 Å². The van der Waals surface area contributed by atoms with Crippen LogP contribution in [0.1, 0.15) is 0 Å². The lowest BCUT2D eigenvalue weighted by Crippen LogP contribution is -1.90. The van der Waals surface area contributed by atoms with E-state index in [-0.39, 0.29) is 5.82 Å². The number of aromatic amines is 1. The molecule has 0 spiro atoms. The predicted octanol–water partition coefficient (Wildman–Crippen LogP) is 2.56. The van der Waals surface area contributed by atoms with Gasteiger partial charge < -0.3 is 5.73 Å². The molecule has 14 heavy (non-hydrogen) atoms. The number of halogens is 2. The van der Waals surface area contributed by atoms with Crippen molar-refractivity contribution in [2.24, 2.45) is 0 Å². The van der Waals surface area contributed by atoms with Crippen molar-refractivity contribution in [3.8, 4) is 11.3 Å². The smallest absolute Gasteiger partial charge is 0.132 e. The lowest BCUT2D eigenvalue weighted by Gasteiger charge is -2.01. The molecule has 2 rings (SSSR count). The fraction of sp³-hybridized carbons (Fsp3) is 0. The standard InChI is InChI=1S/C9H7BrFN3/c10-5-1-2-7(11)6(3-5)9-8(12)4-13-14-9/h1-4H,12H2,(H,13,14). The van der Waals surface area contributed by atoms with Crippen molar-refractivity contribution in [1.82, 2.24) is 10.2 Å². The Bertz CT molecular complexity index is 467. The minimum atomic E-state index is -0.329. The second kappa shape index (κ2) is 3.42. The number of nitrogens with two attached hydrogens (primary N) is 1. The van der Waals surface area contributed by atoms with Crippen LogP contribution in [0.5, 0.6) is 0 Å². The Morgan fingerprint density at radius 2 is 2.21 bits per heavy atom. The molecular weight excluding hydrogens is 249 g/mol. The van der Waals surface area contributed by atoms with Crippen molar-refractivity contribution >= 4 is 21.6 Å². The van der Waals surface area contributed by atoms with E-state index in [4.69, 9.17) is 5.73 Å². The number of hydrogen-bond donors (Lipinski definition) is 2. The molecular formula is C9H7BrFN3. The number of rotatable bonds is 1. The molecule has 0 atom stereocenters. The maximum Gasteiger partial charge on any atom is 0.132 e. The number of nitrogens with zero attached hydrogens (tertiary/aromatic N) is 1. The monoisotopic (exact) mass is 255 g/mol. The zero-order valence-corrected chi connectivity index (χ0v) is 8.68. The third-order valence-corrected chi connectivity index (χ3v) is 2.36. The fourth-order valence-electron chi connectivity index (χ4n) is 1.20. The van der Waals surface area contributed by atoms with Crippen molar-refractivity contribution in [2.45, 2.75) is 0 Å². The molecule has 72 valence electrons. The van der Waals surface area contributed by atoms with Crippen molar-refractivity contribution in [2.75, 3.05) is 5.73 Å². The van der Waals surface area contributed by atoms with Crippen LogP contribution >= 0.6 is 15.9 Å². The van der Waals surface area contributed by atoms with Crippen LogP contribution in [0.4, 0.5) is 10.1 Å². The Hall–Kier alpha value is -1.36. The SMILES string of the molecule is Nc1cn[nH]c1-c1cc(Br)ccc1F. The first-order valence-corrected chi connectivity index (χ1v) is 4.72. The minimum Gasteiger partial charge on any atom is -0.396 e. The van der Waals surface area contributed by atoms with Gasteiger partial charge in [-0.25, -0.2) is 4.39 Å². The summed E-state index contributed by atoms with van der Waals surface area (Å²) in [6.07, 6.45) is 1.45. The van der Waals surface area contributed by atoms with Gasteiger partial charge >= 0.3 is 0 Å². The largest absolute Gasteiger partial charge is 0.396 e. The highest BCUT2D eigenvalue weighted by molar-refractivity contribution is 9.10. The summed E-state index contributed by atoms with van der Waals surface area (Å²) in [5.41, 5.74) is 6.96. The summed E-state index contributed by atoms with van der Waals surface area (Å²) in [4.78, 5) is 0. The summed E-state index contributed by atoms with van der Waals surface area (Å²) in [5.74, 6) is -0.329. The third-order valence-electron chi connectivity index (χ3n) is 1.87. The molecule has 1 aromatic carbocycles. The van der Waals surface area contributed by atoms with Gasteiger partial charge in [0.15, 0.2) is 0 Å². The normalized spacial score (nSPS) is 10.4. The van der Waals surface area contributed by atoms with E-state index in [1.165, 1.54) is 12.3 Å². The van der Waals surface area contributed by atoms with E-state index in [0.29, 0.717) is 16.9 Å². The van der Waals surface area contributed by atoms with Crippen LogP contribution < -0.4 is 5.73 Å². The number of nitrogen functional groups attached to an aromatic ring is 1. The summed E-state index contributed by atoms with van der Waals surface area (Å²) in [6, 6.07) is 4.66. The van der Waals surface area contributed by atoms with E-state index in [9.17, 15) is 4.39 Å². The van der Waals surface area contributed by atoms with Gasteiger partial charge in [0.1, 0.15) is 5.82 Å². The van der Waals surface area contributed by atoms with Crippen LogP contribution in [-0.4, -0.2) is 10.2 Å². The van der Waals surface area contributed by atoms with Crippen molar-refractivity contribution in [3.05, 3.63) is 34.7 Å². The van der Waals surface area contributed by atoms with Crippen LogP contribution in [0.2, 0.25) is 0 Å². The van der Waals surface area contributed by atoms with Crippen LogP contribution in [0.15, 0.2) is 28.9 Å². The minimum absolute atomic E-state index is 0.329. The summed E-state index contributed by atoms with van der Waals surface area (Å²) in [7, 11) is 0. The van der Waals surface area contributed by atoms with E-state index in [1.54, 1.807) is 12.1 Å². The number of benzene rings is 1. The van der Waals surface area contributed by atoms with Gasteiger partial charge in [-0.15, -0.1) is 0 Å². The quantitative estimate of drug-likeness (QED) is 0.823. The molecule has 0 aliphatic rings. The van der Waals surface area contributed by atoms with Gasteiger partial charge in [-0.3, -0.25) is 5.10 Å². The van der Waals surface area contributed by atoms with E-state index in [1.807, 2.05) is 0 Å². The summed E-state index contributed by atoms with van der Waals surface area (Å²) in [6.45, 7) is 0. The van der Waals surface area contributed by atoms with Crippen molar-refractivity contribution in [3.63, 3.8) is 0 Å². The fourth-order valence-corrected chi connectivity index (χ4v) is 1.56. The molecule has 1 heterocycles. The number of hydrogen-bond acceptors (Lipinski definition) is 2. The van der Waals surface area contributed by atoms with Gasteiger partial charge in [0, 0.05) is 10.0 Å². The molecule has 3 N–H and O–H groups in total. The molecule has 0 aliphatic heterocycles. The molecule has 3 nitrogen and oxygen atoms in total. The second-order valence-corrected chi connectivity index (χ2v) is 3.74. The van der Waals surface area contributed by atoms with Crippen molar-refractivity contribution in [1.29, 1.82) is 0 Å². The average molecular weight is 256 g/mol. The topological polar surface area (TPSA) is 54.7 Å². The van der Waals surface area contributed by atoms with Crippen LogP contribution in [0.25, 0.3) is 11.3 Å². The first-order chi connectivity index (χ1) is 6.68. The molecule has 0 saturated carbocycles. The summed E-state index contributed by atoms with van der Waals surface area (Å²) < 4.78 is 14.2. The molecule has 0 radical (unpaired) electrons. The molecule has 5 heteroatoms. The van der Waals surface area contributed by atoms with Gasteiger partial charge in [0.05, 0.1) is 17.6 Å². The third kappa shape index (κ3) is 1.50. The Morgan fingerprint density at radius 1 is 1.43 bits per heavy atom. The maximum absolute atomic E-state index is 13.4. The van der Waals surface area contributed by atoms with E-state index >= 15 is 0 Å². The molecule has 0 bridgehead atoms. The number of anilines is 1. The second-order valence-electron chi connectivity index (χ2n) is 2.82. The van der Waals surface area contributed by atoms with E-state index in [0.717, 1.165) is 4.47 Å². The average Bonchev–Trinajstić information content (AvgIpc) is 2.56. The lowest BCUT2D eigenvalue weighted by molar-refractivity contribution is 0.630. The molecule has 0 unspecified atom stereocenters. The molecule has 0 saturated heterocycles. The van der Waals surface area contributed by atoms with Crippen LogP contribution in [-0.2, 0) is 0 Å². The van der Waals surface area contributed by atoms with Crippen LogP contribution in [0.3, 0.4) is 0 Å². The number of H-pyrrole nitrogens is 1. The summed E-state index contributed by atoms with van der Waals surface area (Å²) >= 11 is 3.26. The maximum atomic E-state index is 13.4. The highest BCUT2D eigenvalue weighted by Gasteiger charge is 2.10. The molecule has 0 aliphatic carbocycles. The van der Waals surface area contributed by atoms with E-state index in [2.05, 4.69) is 26.1 Å². The highest BCUT2D eigenvalue weighted by atomic mass is 79.9. The van der Waals surface area contributed by atoms with Gasteiger partial charge in [-0.2, -0.15) is 5.10 Å². The predicted molar refractivity (Wildman–Crippen MR) is 56.1 cm³/mol. The first kappa shape index (κ1) is 9.21. The van der Waals surface area contributed by atoms with Gasteiger partial charge in [-0.05, 0) is 18.2 Å². The molecule has 2 aromatic rings.